The molecule has 23 heavy (non-hydrogen) atoms. The van der Waals surface area contributed by atoms with E-state index in [0.29, 0.717) is 0 Å². The molecule has 0 atom stereocenters. The molecule has 1 aromatic carbocycles. The summed E-state index contributed by atoms with van der Waals surface area (Å²) in [6.07, 6.45) is 8.80. The number of nitrogens with one attached hydrogen (secondary N) is 1. The predicted octanol–water partition coefficient (Wildman–Crippen LogP) is 6.00. The second kappa shape index (κ2) is 9.17. The first-order chi connectivity index (χ1) is 10.8. The fourth-order valence-electron chi connectivity index (χ4n) is 2.87. The molecular weight excluding hydrogens is 329 g/mol. The second-order valence-corrected chi connectivity index (χ2v) is 6.19. The zero-order chi connectivity index (χ0) is 15.2. The molecule has 0 aliphatic heterocycles. The van der Waals surface area contributed by atoms with Gasteiger partial charge in [0.25, 0.3) is 0 Å². The molecule has 2 aromatic rings. The highest BCUT2D eigenvalue weighted by Crippen LogP contribution is 2.29. The highest BCUT2D eigenvalue weighted by Gasteiger charge is 2.08. The lowest BCUT2D eigenvalue weighted by Gasteiger charge is -2.12. The molecule has 0 saturated heterocycles. The molecule has 0 bridgehead atoms. The third-order valence-electron chi connectivity index (χ3n) is 4.11. The molecule has 0 spiro atoms. The maximum Gasteiger partial charge on any atom is 0.135 e. The molecule has 0 radical (unpaired) electrons. The molecule has 1 N–H and O–H groups in total. The van der Waals surface area contributed by atoms with E-state index in [1.165, 1.54) is 25.7 Å². The van der Waals surface area contributed by atoms with Gasteiger partial charge in [-0.2, -0.15) is 0 Å². The van der Waals surface area contributed by atoms with Crippen LogP contribution in [0.3, 0.4) is 0 Å². The number of hydrogen-bond acceptors (Lipinski definition) is 2. The van der Waals surface area contributed by atoms with E-state index in [1.54, 1.807) is 5.57 Å². The second-order valence-electron chi connectivity index (χ2n) is 5.78. The van der Waals surface area contributed by atoms with Crippen LogP contribution in [0, 0.1) is 0 Å². The molecular formula is C19H23Cl2NO. The summed E-state index contributed by atoms with van der Waals surface area (Å²) in [5.74, 6) is 1.78. The molecule has 1 heterocycles. The minimum absolute atomic E-state index is 0. The van der Waals surface area contributed by atoms with E-state index in [1.807, 2.05) is 36.4 Å². The van der Waals surface area contributed by atoms with Crippen molar-refractivity contribution in [3.8, 4) is 11.3 Å². The molecule has 3 rings (SSSR count). The summed E-state index contributed by atoms with van der Waals surface area (Å²) < 4.78 is 5.88. The Morgan fingerprint density at radius 2 is 1.96 bits per heavy atom. The van der Waals surface area contributed by atoms with Gasteiger partial charge < -0.3 is 9.73 Å². The van der Waals surface area contributed by atoms with Gasteiger partial charge in [-0.05, 0) is 62.9 Å². The SMILES string of the molecule is Cl.Clc1ccccc1-c1ccc(CNCCC2=CCCCC2)o1. The van der Waals surface area contributed by atoms with Gasteiger partial charge in [0.2, 0.25) is 0 Å². The first kappa shape index (κ1) is 18.1. The third-order valence-corrected chi connectivity index (χ3v) is 4.44. The predicted molar refractivity (Wildman–Crippen MR) is 99.3 cm³/mol. The Morgan fingerprint density at radius 1 is 1.09 bits per heavy atom. The fourth-order valence-corrected chi connectivity index (χ4v) is 3.10. The highest BCUT2D eigenvalue weighted by atomic mass is 35.5. The quantitative estimate of drug-likeness (QED) is 0.509. The standard InChI is InChI=1S/C19H22ClNO.ClH/c20-18-9-5-4-8-17(18)19-11-10-16(22-19)14-21-13-12-15-6-2-1-3-7-15;/h4-6,8-11,21H,1-3,7,12-14H2;1H. The number of benzene rings is 1. The lowest BCUT2D eigenvalue weighted by Crippen LogP contribution is -2.15. The van der Waals surface area contributed by atoms with Gasteiger partial charge in [0, 0.05) is 5.56 Å². The van der Waals surface area contributed by atoms with Crippen LogP contribution in [0.25, 0.3) is 11.3 Å². The van der Waals surface area contributed by atoms with E-state index >= 15 is 0 Å². The van der Waals surface area contributed by atoms with Crippen molar-refractivity contribution in [1.29, 1.82) is 0 Å². The van der Waals surface area contributed by atoms with Crippen LogP contribution < -0.4 is 5.32 Å². The van der Waals surface area contributed by atoms with E-state index in [2.05, 4.69) is 11.4 Å². The fraction of sp³-hybridized carbons (Fsp3) is 0.368. The van der Waals surface area contributed by atoms with Crippen molar-refractivity contribution in [2.45, 2.75) is 38.6 Å². The molecule has 0 unspecified atom stereocenters. The summed E-state index contributed by atoms with van der Waals surface area (Å²) in [7, 11) is 0. The van der Waals surface area contributed by atoms with Crippen molar-refractivity contribution in [2.24, 2.45) is 0 Å². The summed E-state index contributed by atoms with van der Waals surface area (Å²) in [5.41, 5.74) is 2.55. The van der Waals surface area contributed by atoms with Crippen LogP contribution in [0.15, 0.2) is 52.5 Å². The Bertz CT molecular complexity index is 648. The zero-order valence-corrected chi connectivity index (χ0v) is 14.8. The van der Waals surface area contributed by atoms with Crippen molar-refractivity contribution < 1.29 is 4.42 Å². The first-order valence-corrected chi connectivity index (χ1v) is 8.43. The molecule has 0 fully saturated rings. The largest absolute Gasteiger partial charge is 0.460 e. The number of allylic oxidation sites excluding steroid dienone is 1. The topological polar surface area (TPSA) is 25.2 Å². The average Bonchev–Trinajstić information content (AvgIpc) is 3.02. The molecule has 2 nitrogen and oxygen atoms in total. The van der Waals surface area contributed by atoms with Crippen LogP contribution in [0.5, 0.6) is 0 Å². The van der Waals surface area contributed by atoms with Gasteiger partial charge >= 0.3 is 0 Å². The number of halogens is 2. The minimum Gasteiger partial charge on any atom is -0.460 e. The monoisotopic (exact) mass is 351 g/mol. The van der Waals surface area contributed by atoms with E-state index in [-0.39, 0.29) is 12.4 Å². The molecule has 0 saturated carbocycles. The van der Waals surface area contributed by atoms with Crippen LogP contribution in [0.1, 0.15) is 37.9 Å². The lowest BCUT2D eigenvalue weighted by atomic mass is 9.97. The van der Waals surface area contributed by atoms with Gasteiger partial charge in [0.15, 0.2) is 0 Å². The first-order valence-electron chi connectivity index (χ1n) is 8.05. The minimum atomic E-state index is 0. The van der Waals surface area contributed by atoms with Crippen LogP contribution in [-0.2, 0) is 6.54 Å². The summed E-state index contributed by atoms with van der Waals surface area (Å²) in [5, 5.41) is 4.18. The van der Waals surface area contributed by atoms with Gasteiger partial charge in [-0.15, -0.1) is 12.4 Å². The Balaban J connectivity index is 0.00000192. The van der Waals surface area contributed by atoms with Gasteiger partial charge in [0.1, 0.15) is 11.5 Å². The summed E-state index contributed by atoms with van der Waals surface area (Å²) in [6, 6.07) is 11.8. The smallest absolute Gasteiger partial charge is 0.135 e. The highest BCUT2D eigenvalue weighted by molar-refractivity contribution is 6.33. The molecule has 4 heteroatoms. The van der Waals surface area contributed by atoms with Gasteiger partial charge in [-0.25, -0.2) is 0 Å². The molecule has 1 aliphatic carbocycles. The lowest BCUT2D eigenvalue weighted by molar-refractivity contribution is 0.493. The third kappa shape index (κ3) is 5.13. The van der Waals surface area contributed by atoms with Crippen LogP contribution in [0.4, 0.5) is 0 Å². The zero-order valence-electron chi connectivity index (χ0n) is 13.2. The van der Waals surface area contributed by atoms with Gasteiger partial charge in [-0.1, -0.05) is 35.4 Å². The Labute approximate surface area is 149 Å². The van der Waals surface area contributed by atoms with E-state index in [0.717, 1.165) is 41.6 Å². The number of rotatable bonds is 6. The molecule has 124 valence electrons. The van der Waals surface area contributed by atoms with Crippen molar-refractivity contribution >= 4 is 24.0 Å². The maximum atomic E-state index is 6.20. The number of hydrogen-bond donors (Lipinski definition) is 1. The van der Waals surface area contributed by atoms with Gasteiger partial charge in [0.05, 0.1) is 11.6 Å². The van der Waals surface area contributed by atoms with Crippen molar-refractivity contribution in [3.63, 3.8) is 0 Å². The summed E-state index contributed by atoms with van der Waals surface area (Å²) in [4.78, 5) is 0. The van der Waals surface area contributed by atoms with Crippen molar-refractivity contribution in [2.75, 3.05) is 6.54 Å². The van der Waals surface area contributed by atoms with E-state index < -0.39 is 0 Å². The molecule has 1 aliphatic rings. The summed E-state index contributed by atoms with van der Waals surface area (Å²) in [6.45, 7) is 1.77. The maximum absolute atomic E-state index is 6.20. The molecule has 0 amide bonds. The Hall–Kier alpha value is -1.22. The van der Waals surface area contributed by atoms with Crippen LogP contribution in [-0.4, -0.2) is 6.54 Å². The van der Waals surface area contributed by atoms with E-state index in [9.17, 15) is 0 Å². The Kier molecular flexibility index (Phi) is 7.22. The van der Waals surface area contributed by atoms with Crippen molar-refractivity contribution in [3.05, 3.63) is 58.8 Å². The van der Waals surface area contributed by atoms with Gasteiger partial charge in [-0.3, -0.25) is 0 Å². The van der Waals surface area contributed by atoms with Crippen LogP contribution in [0.2, 0.25) is 5.02 Å². The summed E-state index contributed by atoms with van der Waals surface area (Å²) >= 11 is 6.20. The Morgan fingerprint density at radius 3 is 2.74 bits per heavy atom. The van der Waals surface area contributed by atoms with Crippen molar-refractivity contribution in [1.82, 2.24) is 5.32 Å². The van der Waals surface area contributed by atoms with E-state index in [4.69, 9.17) is 16.0 Å². The normalized spacial score (nSPS) is 14.2. The average molecular weight is 352 g/mol. The molecule has 1 aromatic heterocycles. The number of furan rings is 1. The van der Waals surface area contributed by atoms with Crippen LogP contribution >= 0.6 is 24.0 Å².